The van der Waals surface area contributed by atoms with Crippen molar-refractivity contribution >= 4 is 44.9 Å². The quantitative estimate of drug-likeness (QED) is 0.801. The number of Topliss-reactive ketones (excluding diaryl/α,β-unsaturated/α-hetero) is 1. The SMILES string of the molecule is O=C(CC1(O)C(=O)Nc2ccc(Cl)cc21)c1ccccc1Br. The average Bonchev–Trinajstić information content (AvgIpc) is 2.71. The van der Waals surface area contributed by atoms with Gasteiger partial charge in [-0.05, 0) is 24.3 Å². The van der Waals surface area contributed by atoms with Gasteiger partial charge in [-0.25, -0.2) is 0 Å². The third kappa shape index (κ3) is 2.45. The van der Waals surface area contributed by atoms with Gasteiger partial charge in [0.25, 0.3) is 5.91 Å². The molecule has 0 fully saturated rings. The number of ketones is 1. The number of nitrogens with one attached hydrogen (secondary N) is 1. The number of halogens is 2. The molecule has 1 amide bonds. The van der Waals surface area contributed by atoms with E-state index >= 15 is 0 Å². The Morgan fingerprint density at radius 2 is 2.00 bits per heavy atom. The van der Waals surface area contributed by atoms with Crippen LogP contribution in [0, 0.1) is 0 Å². The van der Waals surface area contributed by atoms with Crippen LogP contribution < -0.4 is 5.32 Å². The zero-order valence-corrected chi connectivity index (χ0v) is 13.6. The third-order valence-corrected chi connectivity index (χ3v) is 4.57. The van der Waals surface area contributed by atoms with Crippen molar-refractivity contribution in [1.29, 1.82) is 0 Å². The Kier molecular flexibility index (Phi) is 3.80. The van der Waals surface area contributed by atoms with Crippen molar-refractivity contribution in [3.8, 4) is 0 Å². The summed E-state index contributed by atoms with van der Waals surface area (Å²) >= 11 is 9.23. The summed E-state index contributed by atoms with van der Waals surface area (Å²) < 4.78 is 0.619. The maximum atomic E-state index is 12.5. The lowest BCUT2D eigenvalue weighted by atomic mass is 9.88. The van der Waals surface area contributed by atoms with Gasteiger partial charge in [0.05, 0.1) is 6.42 Å². The van der Waals surface area contributed by atoms with E-state index in [0.717, 1.165) is 0 Å². The fourth-order valence-electron chi connectivity index (χ4n) is 2.51. The van der Waals surface area contributed by atoms with Gasteiger partial charge in [0, 0.05) is 26.3 Å². The number of aliphatic hydroxyl groups is 1. The van der Waals surface area contributed by atoms with Crippen LogP contribution in [0.1, 0.15) is 22.3 Å². The first-order valence-corrected chi connectivity index (χ1v) is 7.70. The number of hydrogen-bond donors (Lipinski definition) is 2. The minimum atomic E-state index is -1.91. The van der Waals surface area contributed by atoms with E-state index in [4.69, 9.17) is 11.6 Å². The molecule has 3 rings (SSSR count). The van der Waals surface area contributed by atoms with E-state index in [1.54, 1.807) is 36.4 Å². The highest BCUT2D eigenvalue weighted by Gasteiger charge is 2.47. The number of carbonyl (C=O) groups excluding carboxylic acids is 2. The Balaban J connectivity index is 1.98. The summed E-state index contributed by atoms with van der Waals surface area (Å²) in [4.78, 5) is 24.6. The highest BCUT2D eigenvalue weighted by Crippen LogP contribution is 2.40. The number of fused-ring (bicyclic) bond motifs is 1. The summed E-state index contributed by atoms with van der Waals surface area (Å²) in [6.07, 6.45) is -0.352. The van der Waals surface area contributed by atoms with Gasteiger partial charge < -0.3 is 10.4 Å². The molecule has 0 aliphatic carbocycles. The van der Waals surface area contributed by atoms with Gasteiger partial charge in [-0.2, -0.15) is 0 Å². The number of amides is 1. The maximum absolute atomic E-state index is 12.5. The molecule has 0 saturated heterocycles. The molecule has 1 aliphatic heterocycles. The number of benzene rings is 2. The van der Waals surface area contributed by atoms with Gasteiger partial charge in [0.15, 0.2) is 11.4 Å². The van der Waals surface area contributed by atoms with Crippen LogP contribution >= 0.6 is 27.5 Å². The number of anilines is 1. The predicted octanol–water partition coefficient (Wildman–Crippen LogP) is 3.52. The van der Waals surface area contributed by atoms with E-state index in [2.05, 4.69) is 21.2 Å². The lowest BCUT2D eigenvalue weighted by Crippen LogP contribution is -2.36. The molecule has 22 heavy (non-hydrogen) atoms. The standard InChI is InChI=1S/C16H11BrClNO3/c17-12-4-2-1-3-10(12)14(20)8-16(22)11-7-9(18)5-6-13(11)19-15(16)21/h1-7,22H,8H2,(H,19,21). The van der Waals surface area contributed by atoms with Crippen molar-refractivity contribution in [1.82, 2.24) is 0 Å². The van der Waals surface area contributed by atoms with E-state index < -0.39 is 11.5 Å². The minimum absolute atomic E-state index is 0.324. The molecule has 6 heteroatoms. The van der Waals surface area contributed by atoms with Gasteiger partial charge in [-0.1, -0.05) is 45.7 Å². The summed E-state index contributed by atoms with van der Waals surface area (Å²) in [6.45, 7) is 0. The van der Waals surface area contributed by atoms with Crippen LogP contribution in [0.15, 0.2) is 46.9 Å². The zero-order valence-electron chi connectivity index (χ0n) is 11.3. The Morgan fingerprint density at radius 1 is 1.27 bits per heavy atom. The van der Waals surface area contributed by atoms with E-state index in [-0.39, 0.29) is 12.2 Å². The minimum Gasteiger partial charge on any atom is -0.375 e. The smallest absolute Gasteiger partial charge is 0.261 e. The van der Waals surface area contributed by atoms with Crippen molar-refractivity contribution in [2.24, 2.45) is 0 Å². The normalized spacial score (nSPS) is 19.7. The van der Waals surface area contributed by atoms with E-state index in [1.165, 1.54) is 6.07 Å². The van der Waals surface area contributed by atoms with Gasteiger partial charge in [-0.15, -0.1) is 0 Å². The van der Waals surface area contributed by atoms with Crippen LogP contribution in [0.2, 0.25) is 5.02 Å². The van der Waals surface area contributed by atoms with E-state index in [9.17, 15) is 14.7 Å². The van der Waals surface area contributed by atoms with Crippen molar-refractivity contribution in [2.75, 3.05) is 5.32 Å². The Labute approximate surface area is 140 Å². The summed E-state index contributed by atoms with van der Waals surface area (Å²) in [7, 11) is 0. The van der Waals surface area contributed by atoms with Crippen LogP contribution in [0.5, 0.6) is 0 Å². The first-order chi connectivity index (χ1) is 10.4. The van der Waals surface area contributed by atoms with Gasteiger partial charge in [0.1, 0.15) is 0 Å². The maximum Gasteiger partial charge on any atom is 0.261 e. The third-order valence-electron chi connectivity index (χ3n) is 3.64. The van der Waals surface area contributed by atoms with E-state index in [0.29, 0.717) is 26.3 Å². The Morgan fingerprint density at radius 3 is 2.73 bits per heavy atom. The van der Waals surface area contributed by atoms with Gasteiger partial charge >= 0.3 is 0 Å². The fraction of sp³-hybridized carbons (Fsp3) is 0.125. The molecule has 2 aromatic carbocycles. The zero-order chi connectivity index (χ0) is 15.9. The Bertz CT molecular complexity index is 793. The molecule has 0 bridgehead atoms. The van der Waals surface area contributed by atoms with Crippen molar-refractivity contribution < 1.29 is 14.7 Å². The second kappa shape index (κ2) is 5.50. The fourth-order valence-corrected chi connectivity index (χ4v) is 3.18. The number of rotatable bonds is 3. The van der Waals surface area contributed by atoms with Crippen LogP contribution in [0.4, 0.5) is 5.69 Å². The van der Waals surface area contributed by atoms with Crippen LogP contribution in [-0.2, 0) is 10.4 Å². The first-order valence-electron chi connectivity index (χ1n) is 6.53. The number of hydrogen-bond acceptors (Lipinski definition) is 3. The first kappa shape index (κ1) is 15.2. The van der Waals surface area contributed by atoms with Crippen LogP contribution in [0.3, 0.4) is 0 Å². The Hall–Kier alpha value is -1.69. The van der Waals surface area contributed by atoms with E-state index in [1.807, 2.05) is 0 Å². The lowest BCUT2D eigenvalue weighted by Gasteiger charge is -2.20. The molecular weight excluding hydrogens is 370 g/mol. The highest BCUT2D eigenvalue weighted by molar-refractivity contribution is 9.10. The summed E-state index contributed by atoms with van der Waals surface area (Å²) in [6, 6.07) is 11.6. The molecule has 0 spiro atoms. The molecule has 1 atom stereocenters. The average molecular weight is 381 g/mol. The molecule has 4 nitrogen and oxygen atoms in total. The summed E-state index contributed by atoms with van der Waals surface area (Å²) in [5.74, 6) is -0.955. The van der Waals surface area contributed by atoms with Crippen molar-refractivity contribution in [3.63, 3.8) is 0 Å². The molecule has 2 N–H and O–H groups in total. The monoisotopic (exact) mass is 379 g/mol. The molecule has 112 valence electrons. The second-order valence-corrected chi connectivity index (χ2v) is 6.37. The summed E-state index contributed by atoms with van der Waals surface area (Å²) in [5.41, 5.74) is -0.700. The molecular formula is C16H11BrClNO3. The lowest BCUT2D eigenvalue weighted by molar-refractivity contribution is -0.133. The molecule has 1 aliphatic rings. The molecule has 0 saturated carbocycles. The topological polar surface area (TPSA) is 66.4 Å². The predicted molar refractivity (Wildman–Crippen MR) is 87.1 cm³/mol. The highest BCUT2D eigenvalue weighted by atomic mass is 79.9. The van der Waals surface area contributed by atoms with Crippen molar-refractivity contribution in [2.45, 2.75) is 12.0 Å². The number of carbonyl (C=O) groups is 2. The molecule has 0 aromatic heterocycles. The van der Waals surface area contributed by atoms with Gasteiger partial charge in [-0.3, -0.25) is 9.59 Å². The van der Waals surface area contributed by atoms with Crippen LogP contribution in [0.25, 0.3) is 0 Å². The van der Waals surface area contributed by atoms with Crippen molar-refractivity contribution in [3.05, 3.63) is 63.1 Å². The second-order valence-electron chi connectivity index (χ2n) is 5.08. The molecule has 0 radical (unpaired) electrons. The molecule has 2 aromatic rings. The molecule has 1 heterocycles. The summed E-state index contributed by atoms with van der Waals surface area (Å²) in [5, 5.41) is 13.7. The van der Waals surface area contributed by atoms with Crippen LogP contribution in [-0.4, -0.2) is 16.8 Å². The van der Waals surface area contributed by atoms with Gasteiger partial charge in [0.2, 0.25) is 0 Å². The molecule has 1 unspecified atom stereocenters. The largest absolute Gasteiger partial charge is 0.375 e.